The van der Waals surface area contributed by atoms with Crippen LogP contribution in [0.5, 0.6) is 5.75 Å². The van der Waals surface area contributed by atoms with E-state index < -0.39 is 0 Å². The molecule has 5 nitrogen and oxygen atoms in total. The van der Waals surface area contributed by atoms with Crippen molar-refractivity contribution in [2.24, 2.45) is 0 Å². The largest absolute Gasteiger partial charge is 0.497 e. The van der Waals surface area contributed by atoms with Crippen molar-refractivity contribution in [3.05, 3.63) is 41.6 Å². The molecule has 0 aliphatic heterocycles. The molecule has 0 radical (unpaired) electrons. The zero-order chi connectivity index (χ0) is 13.2. The van der Waals surface area contributed by atoms with Crippen LogP contribution >= 0.6 is 0 Å². The monoisotopic (exact) mass is 257 g/mol. The number of anilines is 1. The van der Waals surface area contributed by atoms with Crippen molar-refractivity contribution in [2.45, 2.75) is 18.8 Å². The maximum atomic E-state index is 12.0. The Kier molecular flexibility index (Phi) is 2.95. The molecule has 0 atom stereocenters. The molecule has 0 unspecified atom stereocenters. The molecule has 2 aromatic rings. The minimum atomic E-state index is -0.159. The molecule has 98 valence electrons. The second-order valence-electron chi connectivity index (χ2n) is 4.66. The summed E-state index contributed by atoms with van der Waals surface area (Å²) in [5.41, 5.74) is 1.62. The number of methoxy groups -OCH3 is 1. The number of rotatable bonds is 4. The van der Waals surface area contributed by atoms with E-state index in [0.29, 0.717) is 17.3 Å². The maximum Gasteiger partial charge on any atom is 0.256 e. The summed E-state index contributed by atoms with van der Waals surface area (Å²) in [7, 11) is 1.60. The number of nitrogens with zero attached hydrogens (tertiary/aromatic N) is 1. The van der Waals surface area contributed by atoms with E-state index in [2.05, 4.69) is 15.5 Å². The number of carbonyl (C=O) groups excluding carboxylic acids is 1. The molecule has 1 fully saturated rings. The van der Waals surface area contributed by atoms with Crippen molar-refractivity contribution in [1.29, 1.82) is 0 Å². The number of benzene rings is 1. The fourth-order valence-electron chi connectivity index (χ4n) is 1.93. The zero-order valence-corrected chi connectivity index (χ0v) is 10.6. The van der Waals surface area contributed by atoms with Gasteiger partial charge in [-0.25, -0.2) is 0 Å². The van der Waals surface area contributed by atoms with Gasteiger partial charge in [-0.15, -0.1) is 0 Å². The van der Waals surface area contributed by atoms with E-state index in [9.17, 15) is 4.79 Å². The Balaban J connectivity index is 1.68. The summed E-state index contributed by atoms with van der Waals surface area (Å²) < 4.78 is 5.06. The molecule has 5 heteroatoms. The Bertz CT molecular complexity index is 585. The lowest BCUT2D eigenvalue weighted by molar-refractivity contribution is 0.102. The third-order valence-corrected chi connectivity index (χ3v) is 3.19. The van der Waals surface area contributed by atoms with Gasteiger partial charge in [-0.3, -0.25) is 9.89 Å². The van der Waals surface area contributed by atoms with E-state index in [0.717, 1.165) is 11.4 Å². The second kappa shape index (κ2) is 4.76. The Hall–Kier alpha value is -2.30. The van der Waals surface area contributed by atoms with Gasteiger partial charge in [0.1, 0.15) is 11.6 Å². The molecule has 1 aromatic carbocycles. The van der Waals surface area contributed by atoms with Gasteiger partial charge < -0.3 is 10.1 Å². The van der Waals surface area contributed by atoms with Crippen LogP contribution in [-0.4, -0.2) is 23.2 Å². The minimum Gasteiger partial charge on any atom is -0.497 e. The molecule has 0 saturated heterocycles. The number of carbonyl (C=O) groups is 1. The van der Waals surface area contributed by atoms with E-state index in [4.69, 9.17) is 4.74 Å². The van der Waals surface area contributed by atoms with Gasteiger partial charge in [0.05, 0.1) is 12.8 Å². The Morgan fingerprint density at radius 1 is 1.37 bits per heavy atom. The van der Waals surface area contributed by atoms with Crippen molar-refractivity contribution >= 4 is 11.7 Å². The van der Waals surface area contributed by atoms with Gasteiger partial charge in [-0.05, 0) is 37.1 Å². The molecular weight excluding hydrogens is 242 g/mol. The van der Waals surface area contributed by atoms with Gasteiger partial charge in [0.25, 0.3) is 5.91 Å². The Morgan fingerprint density at radius 3 is 2.74 bits per heavy atom. The summed E-state index contributed by atoms with van der Waals surface area (Å²) in [5.74, 6) is 1.79. The van der Waals surface area contributed by atoms with Crippen molar-refractivity contribution in [1.82, 2.24) is 10.2 Å². The van der Waals surface area contributed by atoms with E-state index in [1.807, 2.05) is 6.07 Å². The highest BCUT2D eigenvalue weighted by atomic mass is 16.5. The summed E-state index contributed by atoms with van der Waals surface area (Å²) >= 11 is 0. The Labute approximate surface area is 111 Å². The van der Waals surface area contributed by atoms with E-state index >= 15 is 0 Å². The summed E-state index contributed by atoms with van der Waals surface area (Å²) in [6.07, 6.45) is 2.38. The molecule has 2 N–H and O–H groups in total. The average molecular weight is 257 g/mol. The van der Waals surface area contributed by atoms with Crippen LogP contribution in [0.25, 0.3) is 0 Å². The number of aromatic amines is 1. The van der Waals surface area contributed by atoms with Crippen molar-refractivity contribution in [3.63, 3.8) is 0 Å². The molecule has 1 aromatic heterocycles. The Morgan fingerprint density at radius 2 is 2.11 bits per heavy atom. The van der Waals surface area contributed by atoms with Crippen LogP contribution in [0.3, 0.4) is 0 Å². The maximum absolute atomic E-state index is 12.0. The first-order valence-electron chi connectivity index (χ1n) is 6.27. The normalized spacial score (nSPS) is 14.2. The molecule has 3 rings (SSSR count). The van der Waals surface area contributed by atoms with Crippen LogP contribution in [0.2, 0.25) is 0 Å². The van der Waals surface area contributed by atoms with Crippen LogP contribution in [0.4, 0.5) is 5.82 Å². The van der Waals surface area contributed by atoms with Crippen molar-refractivity contribution in [3.8, 4) is 5.75 Å². The van der Waals surface area contributed by atoms with Gasteiger partial charge in [-0.1, -0.05) is 0 Å². The zero-order valence-electron chi connectivity index (χ0n) is 10.6. The quantitative estimate of drug-likeness (QED) is 0.884. The van der Waals surface area contributed by atoms with Gasteiger partial charge in [0.2, 0.25) is 0 Å². The predicted molar refractivity (Wildman–Crippen MR) is 71.5 cm³/mol. The number of ether oxygens (including phenoxy) is 1. The number of nitrogens with one attached hydrogen (secondary N) is 2. The first-order chi connectivity index (χ1) is 9.26. The lowest BCUT2D eigenvalue weighted by Crippen LogP contribution is -2.11. The third-order valence-electron chi connectivity index (χ3n) is 3.19. The van der Waals surface area contributed by atoms with Crippen LogP contribution in [0.1, 0.15) is 34.8 Å². The summed E-state index contributed by atoms with van der Waals surface area (Å²) in [4.78, 5) is 12.0. The van der Waals surface area contributed by atoms with Crippen molar-refractivity contribution < 1.29 is 9.53 Å². The van der Waals surface area contributed by atoms with Crippen LogP contribution in [-0.2, 0) is 0 Å². The van der Waals surface area contributed by atoms with Gasteiger partial charge >= 0.3 is 0 Å². The smallest absolute Gasteiger partial charge is 0.256 e. The molecule has 1 amide bonds. The highest BCUT2D eigenvalue weighted by Crippen LogP contribution is 2.39. The minimum absolute atomic E-state index is 0.159. The number of hydrogen-bond donors (Lipinski definition) is 2. The van der Waals surface area contributed by atoms with Gasteiger partial charge in [0, 0.05) is 17.5 Å². The number of hydrogen-bond acceptors (Lipinski definition) is 3. The first kappa shape index (κ1) is 11.8. The molecule has 19 heavy (non-hydrogen) atoms. The van der Waals surface area contributed by atoms with Crippen LogP contribution in [0.15, 0.2) is 30.3 Å². The molecule has 1 aliphatic rings. The van der Waals surface area contributed by atoms with E-state index in [1.165, 1.54) is 12.8 Å². The van der Waals surface area contributed by atoms with Crippen LogP contribution in [0, 0.1) is 0 Å². The lowest BCUT2D eigenvalue weighted by Gasteiger charge is -2.03. The summed E-state index contributed by atoms with van der Waals surface area (Å²) in [6, 6.07) is 8.88. The topological polar surface area (TPSA) is 67.0 Å². The predicted octanol–water partition coefficient (Wildman–Crippen LogP) is 2.55. The van der Waals surface area contributed by atoms with E-state index in [-0.39, 0.29) is 5.91 Å². The number of H-pyrrole nitrogens is 1. The second-order valence-corrected chi connectivity index (χ2v) is 4.66. The summed E-state index contributed by atoms with van der Waals surface area (Å²) in [6.45, 7) is 0. The lowest BCUT2D eigenvalue weighted by atomic mass is 10.2. The standard InChI is InChI=1S/C14H15N3O2/c1-19-11-6-4-10(5-7-11)14(18)15-13-8-12(16-17-13)9-2-3-9/h4-9H,2-3H2,1H3,(H2,15,16,17,18). The average Bonchev–Trinajstić information content (AvgIpc) is 3.20. The van der Waals surface area contributed by atoms with Gasteiger partial charge in [-0.2, -0.15) is 5.10 Å². The highest BCUT2D eigenvalue weighted by molar-refractivity contribution is 6.03. The SMILES string of the molecule is COc1ccc(C(=O)Nc2cc(C3CC3)n[nH]2)cc1. The third kappa shape index (κ3) is 2.59. The van der Waals surface area contributed by atoms with Crippen molar-refractivity contribution in [2.75, 3.05) is 12.4 Å². The summed E-state index contributed by atoms with van der Waals surface area (Å²) in [5, 5.41) is 9.84. The molecule has 0 bridgehead atoms. The molecule has 1 aliphatic carbocycles. The fourth-order valence-corrected chi connectivity index (χ4v) is 1.93. The van der Waals surface area contributed by atoms with E-state index in [1.54, 1.807) is 31.4 Å². The molecule has 1 heterocycles. The first-order valence-corrected chi connectivity index (χ1v) is 6.27. The molecule has 0 spiro atoms. The fraction of sp³-hybridized carbons (Fsp3) is 0.286. The number of aromatic nitrogens is 2. The molecular formula is C14H15N3O2. The highest BCUT2D eigenvalue weighted by Gasteiger charge is 2.26. The molecule has 1 saturated carbocycles. The van der Waals surface area contributed by atoms with Gasteiger partial charge in [0.15, 0.2) is 0 Å². The van der Waals surface area contributed by atoms with Crippen LogP contribution < -0.4 is 10.1 Å². The number of amides is 1.